The molecular formula is C11H7F4N5O2. The molecule has 1 aromatic heterocycles. The van der Waals surface area contributed by atoms with Crippen molar-refractivity contribution >= 4 is 5.69 Å². The highest BCUT2D eigenvalue weighted by molar-refractivity contribution is 5.53. The Hall–Kier alpha value is -2.59. The molecule has 3 rings (SSSR count). The molecule has 1 fully saturated rings. The minimum absolute atomic E-state index is 0.00211. The molecule has 0 aliphatic heterocycles. The third-order valence-electron chi connectivity index (χ3n) is 3.50. The highest BCUT2D eigenvalue weighted by Crippen LogP contribution is 2.57. The number of nitro benzene ring substituents is 1. The van der Waals surface area contributed by atoms with Crippen LogP contribution in [0.4, 0.5) is 23.2 Å². The number of hydrogen-bond donors (Lipinski definition) is 0. The van der Waals surface area contributed by atoms with Gasteiger partial charge >= 0.3 is 11.9 Å². The lowest BCUT2D eigenvalue weighted by Gasteiger charge is -2.10. The lowest BCUT2D eigenvalue weighted by atomic mass is 10.1. The van der Waals surface area contributed by atoms with Gasteiger partial charge in [0.05, 0.1) is 16.5 Å². The molecule has 7 nitrogen and oxygen atoms in total. The van der Waals surface area contributed by atoms with Crippen LogP contribution in [0.3, 0.4) is 0 Å². The topological polar surface area (TPSA) is 86.7 Å². The predicted octanol–water partition coefficient (Wildman–Crippen LogP) is 2.38. The van der Waals surface area contributed by atoms with Crippen molar-refractivity contribution in [3.8, 4) is 5.69 Å². The second-order valence-electron chi connectivity index (χ2n) is 4.86. The first kappa shape index (κ1) is 14.4. The van der Waals surface area contributed by atoms with E-state index < -0.39 is 34.4 Å². The first-order chi connectivity index (χ1) is 10.3. The summed E-state index contributed by atoms with van der Waals surface area (Å²) in [5.41, 5.74) is -0.883. The number of alkyl halides is 3. The van der Waals surface area contributed by atoms with Gasteiger partial charge in [-0.25, -0.2) is 0 Å². The van der Waals surface area contributed by atoms with E-state index in [4.69, 9.17) is 0 Å². The lowest BCUT2D eigenvalue weighted by molar-refractivity contribution is -0.387. The molecule has 22 heavy (non-hydrogen) atoms. The minimum atomic E-state index is -4.40. The van der Waals surface area contributed by atoms with Crippen LogP contribution < -0.4 is 0 Å². The van der Waals surface area contributed by atoms with Crippen LogP contribution in [0, 0.1) is 21.8 Å². The van der Waals surface area contributed by atoms with Crippen molar-refractivity contribution in [1.82, 2.24) is 20.2 Å². The van der Waals surface area contributed by atoms with Crippen molar-refractivity contribution in [2.45, 2.75) is 18.5 Å². The average molecular weight is 317 g/mol. The summed E-state index contributed by atoms with van der Waals surface area (Å²) in [6.45, 7) is 0. The molecule has 2 atom stereocenters. The highest BCUT2D eigenvalue weighted by atomic mass is 19.4. The van der Waals surface area contributed by atoms with Crippen molar-refractivity contribution in [2.75, 3.05) is 0 Å². The van der Waals surface area contributed by atoms with Gasteiger partial charge in [0, 0.05) is 6.07 Å². The second kappa shape index (κ2) is 4.71. The number of tetrazole rings is 1. The Morgan fingerprint density at radius 3 is 2.59 bits per heavy atom. The average Bonchev–Trinajstić information content (AvgIpc) is 3.06. The van der Waals surface area contributed by atoms with E-state index in [0.29, 0.717) is 0 Å². The zero-order valence-corrected chi connectivity index (χ0v) is 10.7. The molecule has 1 unspecified atom stereocenters. The number of hydrogen-bond acceptors (Lipinski definition) is 5. The van der Waals surface area contributed by atoms with E-state index in [1.165, 1.54) is 0 Å². The maximum absolute atomic E-state index is 13.8. The number of aromatic nitrogens is 4. The summed E-state index contributed by atoms with van der Waals surface area (Å²) in [6.07, 6.45) is -3.53. The fourth-order valence-corrected chi connectivity index (χ4v) is 2.37. The van der Waals surface area contributed by atoms with Crippen LogP contribution in [0.1, 0.15) is 17.9 Å². The van der Waals surface area contributed by atoms with E-state index in [1.54, 1.807) is 0 Å². The van der Waals surface area contributed by atoms with E-state index in [-0.39, 0.29) is 17.7 Å². The van der Waals surface area contributed by atoms with Gasteiger partial charge in [0.2, 0.25) is 5.82 Å². The molecule has 2 aromatic rings. The molecule has 0 N–H and O–H groups in total. The van der Waals surface area contributed by atoms with Crippen molar-refractivity contribution in [2.24, 2.45) is 5.92 Å². The SMILES string of the molecule is O=[N+]([O-])c1cc(-n2cnnn2)c([C@H]2CC2C(F)(F)F)cc1F. The van der Waals surface area contributed by atoms with Gasteiger partial charge in [-0.15, -0.1) is 5.10 Å². The summed E-state index contributed by atoms with van der Waals surface area (Å²) < 4.78 is 52.9. The van der Waals surface area contributed by atoms with Crippen LogP contribution in [0.5, 0.6) is 0 Å². The molecule has 0 amide bonds. The predicted molar refractivity (Wildman–Crippen MR) is 62.7 cm³/mol. The lowest BCUT2D eigenvalue weighted by Crippen LogP contribution is -2.12. The van der Waals surface area contributed by atoms with E-state index in [2.05, 4.69) is 15.5 Å². The number of halogens is 4. The summed E-state index contributed by atoms with van der Waals surface area (Å²) in [5, 5.41) is 21.0. The Morgan fingerprint density at radius 2 is 2.09 bits per heavy atom. The second-order valence-corrected chi connectivity index (χ2v) is 4.86. The quantitative estimate of drug-likeness (QED) is 0.493. The summed E-state index contributed by atoms with van der Waals surface area (Å²) in [7, 11) is 0. The summed E-state index contributed by atoms with van der Waals surface area (Å²) in [6, 6.07) is 1.60. The summed E-state index contributed by atoms with van der Waals surface area (Å²) in [4.78, 5) is 9.83. The minimum Gasteiger partial charge on any atom is -0.258 e. The molecule has 0 radical (unpaired) electrons. The van der Waals surface area contributed by atoms with Gasteiger partial charge in [-0.2, -0.15) is 22.2 Å². The van der Waals surface area contributed by atoms with E-state index in [1.807, 2.05) is 0 Å². The van der Waals surface area contributed by atoms with Gasteiger partial charge in [0.15, 0.2) is 0 Å². The Kier molecular flexibility index (Phi) is 3.07. The van der Waals surface area contributed by atoms with Gasteiger partial charge in [0.1, 0.15) is 6.33 Å². The number of benzene rings is 1. The highest BCUT2D eigenvalue weighted by Gasteiger charge is 2.57. The van der Waals surface area contributed by atoms with Crippen molar-refractivity contribution in [3.63, 3.8) is 0 Å². The molecule has 1 aliphatic carbocycles. The molecule has 116 valence electrons. The molecule has 1 heterocycles. The van der Waals surface area contributed by atoms with Crippen LogP contribution in [-0.2, 0) is 0 Å². The molecule has 11 heteroatoms. The van der Waals surface area contributed by atoms with Crippen molar-refractivity contribution < 1.29 is 22.5 Å². The Morgan fingerprint density at radius 1 is 1.36 bits per heavy atom. The fraction of sp³-hybridized carbons (Fsp3) is 0.364. The maximum atomic E-state index is 13.8. The normalized spacial score (nSPS) is 20.9. The van der Waals surface area contributed by atoms with Crippen molar-refractivity contribution in [3.05, 3.63) is 40.0 Å². The largest absolute Gasteiger partial charge is 0.392 e. The monoisotopic (exact) mass is 317 g/mol. The molecular weight excluding hydrogens is 310 g/mol. The van der Waals surface area contributed by atoms with Gasteiger partial charge in [-0.3, -0.25) is 10.1 Å². The van der Waals surface area contributed by atoms with E-state index >= 15 is 0 Å². The Bertz CT molecular complexity index is 731. The molecule has 0 spiro atoms. The summed E-state index contributed by atoms with van der Waals surface area (Å²) >= 11 is 0. The summed E-state index contributed by atoms with van der Waals surface area (Å²) in [5.74, 6) is -3.75. The number of nitrogens with zero attached hydrogens (tertiary/aromatic N) is 5. The van der Waals surface area contributed by atoms with Gasteiger partial charge in [-0.1, -0.05) is 0 Å². The maximum Gasteiger partial charge on any atom is 0.392 e. The van der Waals surface area contributed by atoms with E-state index in [0.717, 1.165) is 23.1 Å². The van der Waals surface area contributed by atoms with Gasteiger partial charge < -0.3 is 0 Å². The Balaban J connectivity index is 2.10. The standard InChI is InChI=1S/C11H7F4N5O2/c12-8-2-6(5-1-7(5)11(13,14)15)9(3-10(8)20(21)22)19-4-16-17-18-19/h2-5,7H,1H2/t5-,7?/m1/s1. The van der Waals surface area contributed by atoms with Crippen LogP contribution >= 0.6 is 0 Å². The first-order valence-corrected chi connectivity index (χ1v) is 6.07. The zero-order valence-electron chi connectivity index (χ0n) is 10.7. The number of nitro groups is 1. The van der Waals surface area contributed by atoms with Crippen LogP contribution in [-0.4, -0.2) is 31.3 Å². The van der Waals surface area contributed by atoms with Crippen LogP contribution in [0.15, 0.2) is 18.5 Å². The smallest absolute Gasteiger partial charge is 0.258 e. The van der Waals surface area contributed by atoms with Gasteiger partial charge in [0.25, 0.3) is 0 Å². The van der Waals surface area contributed by atoms with E-state index in [9.17, 15) is 27.7 Å². The first-order valence-electron chi connectivity index (χ1n) is 6.07. The fourth-order valence-electron chi connectivity index (χ4n) is 2.37. The molecule has 0 bridgehead atoms. The zero-order chi connectivity index (χ0) is 16.1. The third-order valence-corrected chi connectivity index (χ3v) is 3.50. The van der Waals surface area contributed by atoms with Crippen molar-refractivity contribution in [1.29, 1.82) is 0 Å². The third kappa shape index (κ3) is 2.38. The van der Waals surface area contributed by atoms with Gasteiger partial charge in [-0.05, 0) is 34.4 Å². The molecule has 0 saturated heterocycles. The Labute approximate surface area is 119 Å². The molecule has 1 saturated carbocycles. The van der Waals surface area contributed by atoms with Crippen LogP contribution in [0.2, 0.25) is 0 Å². The molecule has 1 aliphatic rings. The molecule has 1 aromatic carbocycles. The number of rotatable bonds is 3. The van der Waals surface area contributed by atoms with Crippen LogP contribution in [0.25, 0.3) is 5.69 Å².